The third-order valence-electron chi connectivity index (χ3n) is 3.16. The summed E-state index contributed by atoms with van der Waals surface area (Å²) in [5.74, 6) is -0.509. The van der Waals surface area contributed by atoms with Crippen LogP contribution < -0.4 is 5.32 Å². The van der Waals surface area contributed by atoms with Gasteiger partial charge in [0.2, 0.25) is 11.8 Å². The van der Waals surface area contributed by atoms with Gasteiger partial charge in [-0.2, -0.15) is 0 Å². The third kappa shape index (κ3) is 2.12. The quantitative estimate of drug-likeness (QED) is 0.560. The Kier molecular flexibility index (Phi) is 2.90. The minimum absolute atomic E-state index is 0.0121. The van der Waals surface area contributed by atoms with E-state index >= 15 is 0 Å². The average Bonchev–Trinajstić information content (AvgIpc) is 2.65. The van der Waals surface area contributed by atoms with Gasteiger partial charge in [-0.3, -0.25) is 9.59 Å². The SMILES string of the molecule is CN1CCN(C(=O)C2CCNC2=O)CC1. The second-order valence-electron chi connectivity index (χ2n) is 4.26. The molecule has 0 aromatic heterocycles. The largest absolute Gasteiger partial charge is 0.355 e. The third-order valence-corrected chi connectivity index (χ3v) is 3.16. The highest BCUT2D eigenvalue weighted by atomic mass is 16.2. The Morgan fingerprint density at radius 3 is 2.53 bits per heavy atom. The van der Waals surface area contributed by atoms with Crippen LogP contribution in [0.4, 0.5) is 0 Å². The average molecular weight is 211 g/mol. The van der Waals surface area contributed by atoms with Gasteiger partial charge in [-0.25, -0.2) is 0 Å². The molecule has 2 heterocycles. The van der Waals surface area contributed by atoms with E-state index < -0.39 is 5.92 Å². The van der Waals surface area contributed by atoms with Gasteiger partial charge in [0.1, 0.15) is 5.92 Å². The van der Waals surface area contributed by atoms with Crippen molar-refractivity contribution in [3.63, 3.8) is 0 Å². The van der Waals surface area contributed by atoms with Crippen LogP contribution in [0.5, 0.6) is 0 Å². The van der Waals surface area contributed by atoms with Gasteiger partial charge in [-0.05, 0) is 13.5 Å². The van der Waals surface area contributed by atoms with Gasteiger partial charge >= 0.3 is 0 Å². The van der Waals surface area contributed by atoms with E-state index in [1.54, 1.807) is 0 Å². The molecule has 1 atom stereocenters. The van der Waals surface area contributed by atoms with Crippen LogP contribution in [0.25, 0.3) is 0 Å². The lowest BCUT2D eigenvalue weighted by molar-refractivity contribution is -0.141. The number of carbonyl (C=O) groups excluding carboxylic acids is 2. The van der Waals surface area contributed by atoms with Gasteiger partial charge in [-0.1, -0.05) is 0 Å². The van der Waals surface area contributed by atoms with Gasteiger partial charge in [0.05, 0.1) is 0 Å². The van der Waals surface area contributed by atoms with E-state index in [-0.39, 0.29) is 11.8 Å². The van der Waals surface area contributed by atoms with Gasteiger partial charge in [0.15, 0.2) is 0 Å². The monoisotopic (exact) mass is 211 g/mol. The van der Waals surface area contributed by atoms with E-state index in [1.165, 1.54) is 0 Å². The van der Waals surface area contributed by atoms with Crippen LogP contribution in [0.15, 0.2) is 0 Å². The predicted molar refractivity (Wildman–Crippen MR) is 55.2 cm³/mol. The van der Waals surface area contributed by atoms with Gasteiger partial charge in [-0.15, -0.1) is 0 Å². The van der Waals surface area contributed by atoms with Crippen LogP contribution in [0, 0.1) is 5.92 Å². The Morgan fingerprint density at radius 2 is 2.00 bits per heavy atom. The lowest BCUT2D eigenvalue weighted by Gasteiger charge is -2.33. The van der Waals surface area contributed by atoms with Crippen molar-refractivity contribution < 1.29 is 9.59 Å². The summed E-state index contributed by atoms with van der Waals surface area (Å²) >= 11 is 0. The molecule has 1 N–H and O–H groups in total. The molecule has 0 aromatic rings. The van der Waals surface area contributed by atoms with Crippen molar-refractivity contribution in [3.05, 3.63) is 0 Å². The van der Waals surface area contributed by atoms with Gasteiger partial charge in [0.25, 0.3) is 0 Å². The Labute approximate surface area is 89.4 Å². The van der Waals surface area contributed by atoms with Crippen molar-refractivity contribution >= 4 is 11.8 Å². The second-order valence-corrected chi connectivity index (χ2v) is 4.26. The fraction of sp³-hybridized carbons (Fsp3) is 0.800. The van der Waals surface area contributed by atoms with Crippen molar-refractivity contribution in [3.8, 4) is 0 Å². The molecule has 0 saturated carbocycles. The summed E-state index contributed by atoms with van der Waals surface area (Å²) in [7, 11) is 2.05. The van der Waals surface area contributed by atoms with Crippen LogP contribution >= 0.6 is 0 Å². The first-order valence-corrected chi connectivity index (χ1v) is 5.43. The van der Waals surface area contributed by atoms with Crippen LogP contribution in [0.1, 0.15) is 6.42 Å². The van der Waals surface area contributed by atoms with E-state index in [9.17, 15) is 9.59 Å². The molecule has 0 aromatic carbocycles. The summed E-state index contributed by atoms with van der Waals surface area (Å²) in [5, 5.41) is 2.70. The number of likely N-dealkylation sites (N-methyl/N-ethyl adjacent to an activating group) is 1. The van der Waals surface area contributed by atoms with Gasteiger partial charge < -0.3 is 15.1 Å². The highest BCUT2D eigenvalue weighted by Crippen LogP contribution is 2.14. The molecular weight excluding hydrogens is 194 g/mol. The highest BCUT2D eigenvalue weighted by molar-refractivity contribution is 6.01. The number of piperazine rings is 1. The van der Waals surface area contributed by atoms with Crippen LogP contribution in [0.2, 0.25) is 0 Å². The molecule has 2 amide bonds. The molecule has 0 aliphatic carbocycles. The van der Waals surface area contributed by atoms with Gasteiger partial charge in [0, 0.05) is 32.7 Å². The normalized spacial score (nSPS) is 27.9. The van der Waals surface area contributed by atoms with Crippen molar-refractivity contribution in [1.29, 1.82) is 0 Å². The molecule has 2 fully saturated rings. The molecule has 84 valence electrons. The minimum atomic E-state index is -0.423. The Morgan fingerprint density at radius 1 is 1.33 bits per heavy atom. The first-order chi connectivity index (χ1) is 7.18. The Hall–Kier alpha value is -1.10. The highest BCUT2D eigenvalue weighted by Gasteiger charge is 2.34. The van der Waals surface area contributed by atoms with Crippen molar-refractivity contribution in [1.82, 2.24) is 15.1 Å². The number of hydrogen-bond donors (Lipinski definition) is 1. The number of nitrogens with zero attached hydrogens (tertiary/aromatic N) is 2. The topological polar surface area (TPSA) is 52.6 Å². The Balaban J connectivity index is 1.93. The van der Waals surface area contributed by atoms with E-state index in [0.717, 1.165) is 26.2 Å². The zero-order chi connectivity index (χ0) is 10.8. The lowest BCUT2D eigenvalue weighted by atomic mass is 10.1. The maximum absolute atomic E-state index is 12.0. The molecule has 2 aliphatic heterocycles. The van der Waals surface area contributed by atoms with E-state index in [0.29, 0.717) is 13.0 Å². The maximum Gasteiger partial charge on any atom is 0.235 e. The molecule has 2 aliphatic rings. The summed E-state index contributed by atoms with van der Waals surface area (Å²) in [6, 6.07) is 0. The lowest BCUT2D eigenvalue weighted by Crippen LogP contribution is -2.49. The zero-order valence-corrected chi connectivity index (χ0v) is 9.03. The minimum Gasteiger partial charge on any atom is -0.355 e. The number of carbonyl (C=O) groups is 2. The van der Waals surface area contributed by atoms with E-state index in [2.05, 4.69) is 10.2 Å². The standard InChI is InChI=1S/C10H17N3O2/c1-12-4-6-13(7-5-12)10(15)8-2-3-11-9(8)14/h8H,2-7H2,1H3,(H,11,14). The molecular formula is C10H17N3O2. The Bertz CT molecular complexity index is 272. The summed E-state index contributed by atoms with van der Waals surface area (Å²) in [6.45, 7) is 3.95. The summed E-state index contributed by atoms with van der Waals surface area (Å²) in [6.07, 6.45) is 0.657. The molecule has 1 unspecified atom stereocenters. The van der Waals surface area contributed by atoms with Crippen LogP contribution in [-0.4, -0.2) is 61.4 Å². The van der Waals surface area contributed by atoms with Crippen LogP contribution in [0.3, 0.4) is 0 Å². The van der Waals surface area contributed by atoms with E-state index in [1.807, 2.05) is 11.9 Å². The maximum atomic E-state index is 12.0. The predicted octanol–water partition coefficient (Wildman–Crippen LogP) is -1.10. The zero-order valence-electron chi connectivity index (χ0n) is 9.03. The van der Waals surface area contributed by atoms with E-state index in [4.69, 9.17) is 0 Å². The molecule has 2 saturated heterocycles. The summed E-state index contributed by atoms with van der Waals surface area (Å²) < 4.78 is 0. The first kappa shape index (κ1) is 10.4. The first-order valence-electron chi connectivity index (χ1n) is 5.43. The molecule has 0 bridgehead atoms. The van der Waals surface area contributed by atoms with Crippen LogP contribution in [-0.2, 0) is 9.59 Å². The van der Waals surface area contributed by atoms with Crippen molar-refractivity contribution in [2.24, 2.45) is 5.92 Å². The molecule has 0 radical (unpaired) electrons. The smallest absolute Gasteiger partial charge is 0.235 e. The number of rotatable bonds is 1. The molecule has 5 heteroatoms. The number of amides is 2. The second kappa shape index (κ2) is 4.18. The van der Waals surface area contributed by atoms with Crippen molar-refractivity contribution in [2.45, 2.75) is 6.42 Å². The molecule has 5 nitrogen and oxygen atoms in total. The van der Waals surface area contributed by atoms with Crippen molar-refractivity contribution in [2.75, 3.05) is 39.8 Å². The summed E-state index contributed by atoms with van der Waals surface area (Å²) in [5.41, 5.74) is 0. The number of hydrogen-bond acceptors (Lipinski definition) is 3. The molecule has 2 rings (SSSR count). The summed E-state index contributed by atoms with van der Waals surface area (Å²) in [4.78, 5) is 27.3. The number of nitrogens with one attached hydrogen (secondary N) is 1. The fourth-order valence-electron chi connectivity index (χ4n) is 2.08. The fourth-order valence-corrected chi connectivity index (χ4v) is 2.08. The molecule has 0 spiro atoms. The molecule has 15 heavy (non-hydrogen) atoms.